The minimum Gasteiger partial charge on any atom is -0.386 e. The van der Waals surface area contributed by atoms with Crippen molar-refractivity contribution in [3.63, 3.8) is 0 Å². The molecule has 2 aromatic rings. The third-order valence-electron chi connectivity index (χ3n) is 3.63. The van der Waals surface area contributed by atoms with E-state index in [9.17, 15) is 22.6 Å². The molecule has 22 heavy (non-hydrogen) atoms. The Balaban J connectivity index is 2.55. The van der Waals surface area contributed by atoms with E-state index in [1.54, 1.807) is 6.07 Å². The largest absolute Gasteiger partial charge is 0.386 e. The average Bonchev–Trinajstić information content (AvgIpc) is 2.44. The molecule has 2 aromatic carbocycles. The maximum Gasteiger partial charge on any atom is 0.346 e. The fraction of sp³-hybridized carbons (Fsp3) is 0.200. The molecule has 114 valence electrons. The highest BCUT2D eigenvalue weighted by Crippen LogP contribution is 2.35. The molecule has 0 fully saturated rings. The number of hydrogen-bond donors (Lipinski definition) is 1. The summed E-state index contributed by atoms with van der Waals surface area (Å²) in [7, 11) is -4.49. The van der Waals surface area contributed by atoms with Crippen LogP contribution < -0.4 is 0 Å². The number of ether oxygens (including phenoxy) is 1. The summed E-state index contributed by atoms with van der Waals surface area (Å²) >= 11 is 0. The first-order valence-corrected chi connectivity index (χ1v) is 8.11. The van der Waals surface area contributed by atoms with Gasteiger partial charge >= 0.3 is 11.9 Å². The summed E-state index contributed by atoms with van der Waals surface area (Å²) in [4.78, 5) is 23.4. The lowest BCUT2D eigenvalue weighted by molar-refractivity contribution is 0.0391. The van der Waals surface area contributed by atoms with Gasteiger partial charge in [-0.25, -0.2) is 9.59 Å². The van der Waals surface area contributed by atoms with Gasteiger partial charge in [-0.1, -0.05) is 19.4 Å². The zero-order valence-corrected chi connectivity index (χ0v) is 12.4. The quantitative estimate of drug-likeness (QED) is 0.529. The van der Waals surface area contributed by atoms with Crippen LogP contribution in [0.25, 0.3) is 10.8 Å². The number of carbonyl (C=O) groups is 2. The van der Waals surface area contributed by atoms with E-state index in [-0.39, 0.29) is 26.8 Å². The van der Waals surface area contributed by atoms with Gasteiger partial charge in [0.25, 0.3) is 10.1 Å². The maximum absolute atomic E-state index is 11.9. The summed E-state index contributed by atoms with van der Waals surface area (Å²) in [6.07, 6.45) is 1.29. The third-order valence-corrected chi connectivity index (χ3v) is 4.53. The lowest BCUT2D eigenvalue weighted by Crippen LogP contribution is -2.20. The summed E-state index contributed by atoms with van der Waals surface area (Å²) in [6, 6.07) is 5.54. The highest BCUT2D eigenvalue weighted by Gasteiger charge is 2.31. The Morgan fingerprint density at radius 2 is 1.59 bits per heavy atom. The molecule has 0 bridgehead atoms. The molecular formula is C15H12O6S. The zero-order chi connectivity index (χ0) is 16.1. The van der Waals surface area contributed by atoms with E-state index in [0.717, 1.165) is 12.5 Å². The van der Waals surface area contributed by atoms with Crippen LogP contribution in [0, 0.1) is 0 Å². The molecular weight excluding hydrogens is 308 g/mol. The molecule has 1 heterocycles. The summed E-state index contributed by atoms with van der Waals surface area (Å²) in [5.41, 5.74) is 0.892. The Kier molecular flexibility index (Phi) is 3.26. The first-order valence-electron chi connectivity index (χ1n) is 6.67. The van der Waals surface area contributed by atoms with Gasteiger partial charge in [0.15, 0.2) is 0 Å². The van der Waals surface area contributed by atoms with Gasteiger partial charge in [-0.15, -0.1) is 0 Å². The minimum atomic E-state index is -4.49. The van der Waals surface area contributed by atoms with Crippen molar-refractivity contribution in [2.45, 2.75) is 24.7 Å². The van der Waals surface area contributed by atoms with Crippen LogP contribution in [0.2, 0.25) is 0 Å². The van der Waals surface area contributed by atoms with Gasteiger partial charge in [-0.3, -0.25) is 4.55 Å². The van der Waals surface area contributed by atoms with E-state index in [1.807, 2.05) is 6.92 Å². The predicted octanol–water partition coefficient (Wildman–Crippen LogP) is 2.35. The highest BCUT2D eigenvalue weighted by molar-refractivity contribution is 7.86. The number of cyclic esters (lactones) is 2. The van der Waals surface area contributed by atoms with Crippen molar-refractivity contribution in [3.8, 4) is 0 Å². The molecule has 1 aliphatic rings. The van der Waals surface area contributed by atoms with Gasteiger partial charge in [0.2, 0.25) is 0 Å². The molecule has 1 N–H and O–H groups in total. The van der Waals surface area contributed by atoms with Crippen LogP contribution in [0.1, 0.15) is 39.6 Å². The number of benzene rings is 2. The molecule has 3 rings (SSSR count). The molecule has 0 saturated carbocycles. The van der Waals surface area contributed by atoms with Gasteiger partial charge in [0, 0.05) is 10.8 Å². The van der Waals surface area contributed by atoms with Crippen molar-refractivity contribution in [3.05, 3.63) is 41.0 Å². The molecule has 1 aliphatic heterocycles. The SMILES string of the molecule is CCCc1ccc2c3c(ccc(S(=O)(=O)O)c13)C(=O)OC2=O. The molecule has 0 saturated heterocycles. The Morgan fingerprint density at radius 3 is 2.14 bits per heavy atom. The lowest BCUT2D eigenvalue weighted by atomic mass is 9.92. The van der Waals surface area contributed by atoms with E-state index in [4.69, 9.17) is 0 Å². The maximum atomic E-state index is 11.9. The second-order valence-electron chi connectivity index (χ2n) is 5.04. The standard InChI is InChI=1S/C15H12O6S/c1-2-3-8-4-5-9-13-10(15(17)21-14(9)16)6-7-11(12(8)13)22(18,19)20/h4-7H,2-3H2,1H3,(H,18,19,20). The van der Waals surface area contributed by atoms with E-state index in [1.165, 1.54) is 12.1 Å². The zero-order valence-electron chi connectivity index (χ0n) is 11.6. The molecule has 0 aliphatic carbocycles. The lowest BCUT2D eigenvalue weighted by Gasteiger charge is -2.19. The average molecular weight is 320 g/mol. The second kappa shape index (κ2) is 4.89. The molecule has 0 amide bonds. The number of carbonyl (C=O) groups excluding carboxylic acids is 2. The minimum absolute atomic E-state index is 0.120. The summed E-state index contributed by atoms with van der Waals surface area (Å²) in [5, 5.41) is 0.437. The molecule has 0 aromatic heterocycles. The first kappa shape index (κ1) is 14.7. The molecule has 0 unspecified atom stereocenters. The Bertz CT molecular complexity index is 906. The van der Waals surface area contributed by atoms with Crippen LogP contribution in [0.4, 0.5) is 0 Å². The van der Waals surface area contributed by atoms with Crippen molar-refractivity contribution >= 4 is 32.8 Å². The van der Waals surface area contributed by atoms with Gasteiger partial charge < -0.3 is 4.74 Å². The molecule has 7 heteroatoms. The van der Waals surface area contributed by atoms with Crippen LogP contribution in [-0.4, -0.2) is 24.9 Å². The predicted molar refractivity (Wildman–Crippen MR) is 77.5 cm³/mol. The van der Waals surface area contributed by atoms with Crippen LogP contribution in [0.3, 0.4) is 0 Å². The van der Waals surface area contributed by atoms with Crippen LogP contribution in [0.5, 0.6) is 0 Å². The van der Waals surface area contributed by atoms with Gasteiger partial charge in [-0.05, 0) is 30.2 Å². The van der Waals surface area contributed by atoms with Crippen molar-refractivity contribution in [1.82, 2.24) is 0 Å². The number of hydrogen-bond acceptors (Lipinski definition) is 5. The fourth-order valence-electron chi connectivity index (χ4n) is 2.76. The molecule has 0 atom stereocenters. The van der Waals surface area contributed by atoms with Crippen molar-refractivity contribution in [2.24, 2.45) is 0 Å². The van der Waals surface area contributed by atoms with Crippen LogP contribution >= 0.6 is 0 Å². The van der Waals surface area contributed by atoms with Crippen LogP contribution in [-0.2, 0) is 21.3 Å². The third kappa shape index (κ3) is 2.10. The molecule has 0 spiro atoms. The highest BCUT2D eigenvalue weighted by atomic mass is 32.2. The van der Waals surface area contributed by atoms with E-state index < -0.39 is 22.1 Å². The van der Waals surface area contributed by atoms with Crippen LogP contribution in [0.15, 0.2) is 29.2 Å². The smallest absolute Gasteiger partial charge is 0.346 e. The normalized spacial score (nSPS) is 14.3. The Morgan fingerprint density at radius 1 is 1.00 bits per heavy atom. The van der Waals surface area contributed by atoms with Crippen molar-refractivity contribution in [1.29, 1.82) is 0 Å². The van der Waals surface area contributed by atoms with E-state index in [2.05, 4.69) is 4.74 Å². The topological polar surface area (TPSA) is 97.7 Å². The van der Waals surface area contributed by atoms with Crippen molar-refractivity contribution < 1.29 is 27.3 Å². The number of esters is 2. The summed E-state index contributed by atoms with van der Waals surface area (Å²) < 4.78 is 37.4. The van der Waals surface area contributed by atoms with Gasteiger partial charge in [0.05, 0.1) is 11.1 Å². The molecule has 6 nitrogen and oxygen atoms in total. The first-order chi connectivity index (χ1) is 10.3. The fourth-order valence-corrected chi connectivity index (χ4v) is 3.49. The monoisotopic (exact) mass is 320 g/mol. The van der Waals surface area contributed by atoms with E-state index in [0.29, 0.717) is 12.0 Å². The van der Waals surface area contributed by atoms with Gasteiger partial charge in [-0.2, -0.15) is 8.42 Å². The number of aryl methyl sites for hydroxylation is 1. The summed E-state index contributed by atoms with van der Waals surface area (Å²) in [5.74, 6) is -1.64. The van der Waals surface area contributed by atoms with E-state index >= 15 is 0 Å². The Hall–Kier alpha value is -2.25. The van der Waals surface area contributed by atoms with Crippen molar-refractivity contribution in [2.75, 3.05) is 0 Å². The van der Waals surface area contributed by atoms with Gasteiger partial charge in [0.1, 0.15) is 4.90 Å². The molecule has 0 radical (unpaired) electrons. The number of rotatable bonds is 3. The Labute approximate surface area is 126 Å². The second-order valence-corrected chi connectivity index (χ2v) is 6.43. The summed E-state index contributed by atoms with van der Waals surface area (Å²) in [6.45, 7) is 1.92.